The lowest BCUT2D eigenvalue weighted by atomic mass is 10.1. The Kier molecular flexibility index (Phi) is 3.74. The van der Waals surface area contributed by atoms with Gasteiger partial charge in [0.2, 0.25) is 0 Å². The fourth-order valence-corrected chi connectivity index (χ4v) is 2.50. The van der Waals surface area contributed by atoms with Crippen LogP contribution in [0.1, 0.15) is 16.7 Å². The average molecular weight is 290 g/mol. The number of hydrogen-bond acceptors (Lipinski definition) is 2. The number of rotatable bonds is 4. The van der Waals surface area contributed by atoms with Gasteiger partial charge in [0, 0.05) is 30.1 Å². The van der Waals surface area contributed by atoms with E-state index in [0.717, 1.165) is 22.5 Å². The minimum absolute atomic E-state index is 0.0904. The smallest absolute Gasteiger partial charge is 0.140 e. The molecule has 110 valence electrons. The van der Waals surface area contributed by atoms with Gasteiger partial charge >= 0.3 is 0 Å². The molecule has 0 atom stereocenters. The van der Waals surface area contributed by atoms with E-state index in [9.17, 15) is 0 Å². The van der Waals surface area contributed by atoms with Gasteiger partial charge in [-0.1, -0.05) is 54.1 Å². The molecule has 0 spiro atoms. The minimum Gasteiger partial charge on any atom is -0.384 e. The van der Waals surface area contributed by atoms with Crippen molar-refractivity contribution in [2.45, 2.75) is 13.5 Å². The van der Waals surface area contributed by atoms with Gasteiger partial charge in [-0.25, -0.2) is 4.98 Å². The molecular formula is C18H18N4. The summed E-state index contributed by atoms with van der Waals surface area (Å²) in [5, 5.41) is 7.70. The van der Waals surface area contributed by atoms with Crippen LogP contribution in [0.5, 0.6) is 0 Å². The summed E-state index contributed by atoms with van der Waals surface area (Å²) >= 11 is 0. The van der Waals surface area contributed by atoms with E-state index in [0.29, 0.717) is 6.54 Å². The number of nitrogen functional groups attached to an aromatic ring is 1. The molecule has 3 rings (SSSR count). The van der Waals surface area contributed by atoms with Crippen molar-refractivity contribution < 1.29 is 0 Å². The molecule has 0 saturated heterocycles. The molecule has 3 N–H and O–H groups in total. The molecule has 1 aromatic heterocycles. The zero-order valence-electron chi connectivity index (χ0n) is 12.5. The summed E-state index contributed by atoms with van der Waals surface area (Å²) in [5.74, 6) is 1.01. The molecule has 0 aliphatic carbocycles. The quantitative estimate of drug-likeness (QED) is 0.572. The molecule has 2 aromatic carbocycles. The molecule has 4 heteroatoms. The van der Waals surface area contributed by atoms with E-state index in [2.05, 4.69) is 40.7 Å². The highest BCUT2D eigenvalue weighted by molar-refractivity contribution is 5.96. The van der Waals surface area contributed by atoms with Gasteiger partial charge in [-0.05, 0) is 12.5 Å². The first kappa shape index (κ1) is 14.1. The molecule has 22 heavy (non-hydrogen) atoms. The minimum atomic E-state index is 0.0904. The number of nitrogens with zero attached hydrogens (tertiary/aromatic N) is 2. The van der Waals surface area contributed by atoms with Crippen LogP contribution in [0.4, 0.5) is 0 Å². The molecular weight excluding hydrogens is 272 g/mol. The fraction of sp³-hybridized carbons (Fsp3) is 0.111. The second kappa shape index (κ2) is 5.85. The normalized spacial score (nSPS) is 10.6. The van der Waals surface area contributed by atoms with Crippen molar-refractivity contribution in [3.63, 3.8) is 0 Å². The van der Waals surface area contributed by atoms with Crippen molar-refractivity contribution in [3.05, 3.63) is 77.6 Å². The third kappa shape index (κ3) is 2.76. The lowest BCUT2D eigenvalue weighted by Crippen LogP contribution is -2.15. The Hall–Kier alpha value is -2.88. The Labute approximate surface area is 129 Å². The molecule has 3 aromatic rings. The van der Waals surface area contributed by atoms with Crippen molar-refractivity contribution >= 4 is 5.84 Å². The van der Waals surface area contributed by atoms with Crippen LogP contribution in [-0.2, 0) is 6.54 Å². The van der Waals surface area contributed by atoms with Crippen LogP contribution in [0, 0.1) is 12.3 Å². The van der Waals surface area contributed by atoms with Gasteiger partial charge in [0.15, 0.2) is 0 Å². The maximum Gasteiger partial charge on any atom is 0.140 e. The summed E-state index contributed by atoms with van der Waals surface area (Å²) in [4.78, 5) is 4.46. The predicted octanol–water partition coefficient (Wildman–Crippen LogP) is 3.19. The standard InChI is InChI=1S/C18H18N4/c1-13-6-8-14(9-7-13)18-21-10-11-22(18)12-15-4-2-3-5-16(15)17(19)20/h2-11H,12H2,1H3,(H3,19,20). The third-order valence-corrected chi connectivity index (χ3v) is 3.67. The van der Waals surface area contributed by atoms with Crippen molar-refractivity contribution in [1.29, 1.82) is 5.41 Å². The topological polar surface area (TPSA) is 67.7 Å². The number of aromatic nitrogens is 2. The number of amidine groups is 1. The van der Waals surface area contributed by atoms with Crippen LogP contribution in [-0.4, -0.2) is 15.4 Å². The van der Waals surface area contributed by atoms with E-state index in [1.165, 1.54) is 5.56 Å². The summed E-state index contributed by atoms with van der Waals surface area (Å²) in [7, 11) is 0. The number of nitrogens with two attached hydrogens (primary N) is 1. The molecule has 0 fully saturated rings. The molecule has 0 amide bonds. The summed E-state index contributed by atoms with van der Waals surface area (Å²) in [5.41, 5.74) is 9.76. The lowest BCUT2D eigenvalue weighted by Gasteiger charge is -2.11. The number of aryl methyl sites for hydroxylation is 1. The van der Waals surface area contributed by atoms with Gasteiger partial charge < -0.3 is 10.3 Å². The first-order valence-corrected chi connectivity index (χ1v) is 7.15. The molecule has 0 unspecified atom stereocenters. The van der Waals surface area contributed by atoms with E-state index < -0.39 is 0 Å². The Morgan fingerprint density at radius 3 is 2.59 bits per heavy atom. The molecule has 1 heterocycles. The zero-order valence-corrected chi connectivity index (χ0v) is 12.5. The Balaban J connectivity index is 1.97. The van der Waals surface area contributed by atoms with E-state index in [1.807, 2.05) is 30.5 Å². The SMILES string of the molecule is Cc1ccc(-c2nccn2Cc2ccccc2C(=N)N)cc1. The maximum absolute atomic E-state index is 7.70. The third-order valence-electron chi connectivity index (χ3n) is 3.67. The van der Waals surface area contributed by atoms with Crippen molar-refractivity contribution in [1.82, 2.24) is 9.55 Å². The largest absolute Gasteiger partial charge is 0.384 e. The van der Waals surface area contributed by atoms with E-state index in [4.69, 9.17) is 11.1 Å². The first-order valence-electron chi connectivity index (χ1n) is 7.15. The second-order valence-corrected chi connectivity index (χ2v) is 5.32. The van der Waals surface area contributed by atoms with Crippen LogP contribution in [0.15, 0.2) is 60.9 Å². The highest BCUT2D eigenvalue weighted by Gasteiger charge is 2.09. The highest BCUT2D eigenvalue weighted by atomic mass is 15.1. The van der Waals surface area contributed by atoms with E-state index >= 15 is 0 Å². The average Bonchev–Trinajstić information content (AvgIpc) is 2.96. The number of hydrogen-bond donors (Lipinski definition) is 2. The number of benzene rings is 2. The molecule has 0 radical (unpaired) electrons. The highest BCUT2D eigenvalue weighted by Crippen LogP contribution is 2.20. The van der Waals surface area contributed by atoms with Crippen molar-refractivity contribution in [2.24, 2.45) is 5.73 Å². The van der Waals surface area contributed by atoms with Gasteiger partial charge in [-0.2, -0.15) is 0 Å². The molecule has 0 aliphatic rings. The van der Waals surface area contributed by atoms with Crippen LogP contribution < -0.4 is 5.73 Å². The van der Waals surface area contributed by atoms with Crippen LogP contribution in [0.25, 0.3) is 11.4 Å². The number of imidazole rings is 1. The Bertz CT molecular complexity index is 800. The van der Waals surface area contributed by atoms with E-state index in [-0.39, 0.29) is 5.84 Å². The van der Waals surface area contributed by atoms with Crippen LogP contribution in [0.2, 0.25) is 0 Å². The van der Waals surface area contributed by atoms with Crippen molar-refractivity contribution in [3.8, 4) is 11.4 Å². The Morgan fingerprint density at radius 2 is 1.86 bits per heavy atom. The van der Waals surface area contributed by atoms with Gasteiger partial charge in [0.1, 0.15) is 11.7 Å². The molecule has 0 aliphatic heterocycles. The van der Waals surface area contributed by atoms with Gasteiger partial charge in [-0.3, -0.25) is 5.41 Å². The number of nitrogens with one attached hydrogen (secondary N) is 1. The molecule has 0 saturated carbocycles. The second-order valence-electron chi connectivity index (χ2n) is 5.32. The summed E-state index contributed by atoms with van der Waals surface area (Å²) in [6.07, 6.45) is 3.75. The van der Waals surface area contributed by atoms with Crippen LogP contribution in [0.3, 0.4) is 0 Å². The molecule has 0 bridgehead atoms. The summed E-state index contributed by atoms with van der Waals surface area (Å²) in [6, 6.07) is 16.0. The first-order chi connectivity index (χ1) is 10.6. The van der Waals surface area contributed by atoms with Gasteiger partial charge in [0.05, 0.1) is 0 Å². The molecule has 4 nitrogen and oxygen atoms in total. The van der Waals surface area contributed by atoms with Gasteiger partial charge in [0.25, 0.3) is 0 Å². The predicted molar refractivity (Wildman–Crippen MR) is 89.0 cm³/mol. The summed E-state index contributed by atoms with van der Waals surface area (Å²) < 4.78 is 2.08. The van der Waals surface area contributed by atoms with Gasteiger partial charge in [-0.15, -0.1) is 0 Å². The van der Waals surface area contributed by atoms with Crippen LogP contribution >= 0.6 is 0 Å². The van der Waals surface area contributed by atoms with Crippen molar-refractivity contribution in [2.75, 3.05) is 0 Å². The monoisotopic (exact) mass is 290 g/mol. The fourth-order valence-electron chi connectivity index (χ4n) is 2.50. The summed E-state index contributed by atoms with van der Waals surface area (Å²) in [6.45, 7) is 2.71. The van der Waals surface area contributed by atoms with E-state index in [1.54, 1.807) is 6.20 Å². The lowest BCUT2D eigenvalue weighted by molar-refractivity contribution is 0.805. The Morgan fingerprint density at radius 1 is 1.14 bits per heavy atom. The maximum atomic E-state index is 7.70. The zero-order chi connectivity index (χ0) is 15.5.